The maximum absolute atomic E-state index is 13.0. The zero-order valence-corrected chi connectivity index (χ0v) is 14.6. The molecule has 0 aromatic carbocycles. The van der Waals surface area contributed by atoms with E-state index in [0.29, 0.717) is 11.1 Å². The summed E-state index contributed by atoms with van der Waals surface area (Å²) < 4.78 is 7.01. The second-order valence-electron chi connectivity index (χ2n) is 7.23. The summed E-state index contributed by atoms with van der Waals surface area (Å²) in [5.74, 6) is 0.0101. The fraction of sp³-hybridized carbons (Fsp3) is 0.625. The van der Waals surface area contributed by atoms with Crippen molar-refractivity contribution in [2.45, 2.75) is 51.7 Å². The Labute approximate surface area is 137 Å². The fourth-order valence-electron chi connectivity index (χ4n) is 4.09. The van der Waals surface area contributed by atoms with Gasteiger partial charge in [0.1, 0.15) is 6.17 Å². The Hall–Kier alpha value is -1.55. The van der Waals surface area contributed by atoms with Crippen LogP contribution in [-0.2, 0) is 0 Å². The van der Waals surface area contributed by atoms with E-state index >= 15 is 0 Å². The molecular formula is C16H22N3O3P. The van der Waals surface area contributed by atoms with Crippen LogP contribution in [-0.4, -0.2) is 34.2 Å². The van der Waals surface area contributed by atoms with Crippen molar-refractivity contribution in [2.75, 3.05) is 11.6 Å². The van der Waals surface area contributed by atoms with Crippen LogP contribution in [0.15, 0.2) is 17.1 Å². The molecule has 2 fully saturated rings. The van der Waals surface area contributed by atoms with Gasteiger partial charge in [-0.1, -0.05) is 0 Å². The van der Waals surface area contributed by atoms with Gasteiger partial charge in [0.05, 0.1) is 9.47 Å². The molecule has 1 saturated carbocycles. The highest BCUT2D eigenvalue weighted by atomic mass is 31.0. The molecule has 3 heterocycles. The summed E-state index contributed by atoms with van der Waals surface area (Å²) in [6.45, 7) is 4.99. The van der Waals surface area contributed by atoms with Gasteiger partial charge in [-0.15, -0.1) is 0 Å². The lowest BCUT2D eigenvalue weighted by Crippen LogP contribution is -2.65. The average Bonchev–Trinajstić information content (AvgIpc) is 3.26. The normalized spacial score (nSPS) is 24.7. The molecule has 1 aliphatic carbocycles. The molecular weight excluding hydrogens is 313 g/mol. The minimum Gasteiger partial charge on any atom is -0.474 e. The molecule has 0 radical (unpaired) electrons. The van der Waals surface area contributed by atoms with E-state index in [0.717, 1.165) is 19.4 Å². The van der Waals surface area contributed by atoms with Crippen molar-refractivity contribution in [1.29, 1.82) is 0 Å². The average molecular weight is 335 g/mol. The summed E-state index contributed by atoms with van der Waals surface area (Å²) >= 11 is 0. The number of fused-ring (bicyclic) bond motifs is 2. The lowest BCUT2D eigenvalue weighted by Gasteiger charge is -2.52. The zero-order valence-electron chi connectivity index (χ0n) is 13.5. The third-order valence-electron chi connectivity index (χ3n) is 5.52. The highest BCUT2D eigenvalue weighted by molar-refractivity contribution is 7.10. The van der Waals surface area contributed by atoms with E-state index in [2.05, 4.69) is 28.3 Å². The molecule has 4 rings (SSSR count). The van der Waals surface area contributed by atoms with E-state index in [1.54, 1.807) is 6.20 Å². The first-order valence-electron chi connectivity index (χ1n) is 8.19. The second-order valence-corrected chi connectivity index (χ2v) is 7.46. The molecule has 1 aromatic heterocycles. The van der Waals surface area contributed by atoms with Crippen molar-refractivity contribution in [1.82, 2.24) is 9.58 Å². The van der Waals surface area contributed by atoms with Crippen molar-refractivity contribution in [3.63, 3.8) is 0 Å². The van der Waals surface area contributed by atoms with E-state index in [4.69, 9.17) is 4.52 Å². The van der Waals surface area contributed by atoms with Crippen LogP contribution in [0.5, 0.6) is 5.75 Å². The largest absolute Gasteiger partial charge is 0.474 e. The van der Waals surface area contributed by atoms with Crippen molar-refractivity contribution in [3.8, 4) is 5.75 Å². The van der Waals surface area contributed by atoms with Gasteiger partial charge in [-0.2, -0.15) is 0 Å². The molecule has 124 valence electrons. The molecule has 6 nitrogen and oxygen atoms in total. The van der Waals surface area contributed by atoms with Gasteiger partial charge in [-0.25, -0.2) is 0 Å². The summed E-state index contributed by atoms with van der Waals surface area (Å²) in [5, 5.41) is 2.21. The predicted octanol–water partition coefficient (Wildman–Crippen LogP) is 1.72. The first kappa shape index (κ1) is 15.0. The minimum absolute atomic E-state index is 0.0612. The van der Waals surface area contributed by atoms with Crippen LogP contribution in [0, 0.1) is 5.41 Å². The van der Waals surface area contributed by atoms with Gasteiger partial charge in [0.15, 0.2) is 5.69 Å². The first-order valence-corrected chi connectivity index (χ1v) is 8.66. The Morgan fingerprint density at radius 2 is 2.04 bits per heavy atom. The van der Waals surface area contributed by atoms with Gasteiger partial charge in [-0.3, -0.25) is 19.3 Å². The Bertz CT molecular complexity index is 726. The maximum Gasteiger partial charge on any atom is 0.278 e. The summed E-state index contributed by atoms with van der Waals surface area (Å²) in [4.78, 5) is 27.0. The number of rotatable bonds is 2. The van der Waals surface area contributed by atoms with Crippen LogP contribution in [0.25, 0.3) is 0 Å². The molecule has 23 heavy (non-hydrogen) atoms. The topological polar surface area (TPSA) is 54.8 Å². The van der Waals surface area contributed by atoms with Crippen LogP contribution in [0.1, 0.15) is 50.0 Å². The molecule has 0 N–H and O–H groups in total. The van der Waals surface area contributed by atoms with Gasteiger partial charge < -0.3 is 9.42 Å². The Morgan fingerprint density at radius 1 is 1.30 bits per heavy atom. The van der Waals surface area contributed by atoms with Crippen molar-refractivity contribution >= 4 is 15.4 Å². The molecule has 3 aliphatic rings. The molecule has 1 amide bonds. The second kappa shape index (κ2) is 4.97. The molecule has 1 unspecified atom stereocenters. The SMILES string of the molecule is CC(C)N1[C@@H]2CC3(CCN2C(=O)c2c(OP)c(=O)ccn21)CC3. The number of amides is 1. The van der Waals surface area contributed by atoms with Crippen molar-refractivity contribution in [2.24, 2.45) is 5.41 Å². The number of hydrogen-bond acceptors (Lipinski definition) is 4. The van der Waals surface area contributed by atoms with Crippen LogP contribution in [0.2, 0.25) is 0 Å². The third-order valence-corrected chi connectivity index (χ3v) is 5.75. The van der Waals surface area contributed by atoms with E-state index in [1.807, 2.05) is 9.58 Å². The van der Waals surface area contributed by atoms with Crippen molar-refractivity contribution in [3.05, 3.63) is 28.2 Å². The molecule has 2 atom stereocenters. The van der Waals surface area contributed by atoms with Crippen LogP contribution < -0.4 is 15.0 Å². The number of aromatic nitrogens is 1. The predicted molar refractivity (Wildman–Crippen MR) is 90.1 cm³/mol. The number of carbonyl (C=O) groups is 1. The monoisotopic (exact) mass is 335 g/mol. The Kier molecular flexibility index (Phi) is 3.24. The number of hydrogen-bond donors (Lipinski definition) is 0. The van der Waals surface area contributed by atoms with E-state index in [1.165, 1.54) is 18.9 Å². The summed E-state index contributed by atoms with van der Waals surface area (Å²) in [6.07, 6.45) is 6.39. The Balaban J connectivity index is 1.88. The van der Waals surface area contributed by atoms with Crippen LogP contribution in [0.3, 0.4) is 0 Å². The van der Waals surface area contributed by atoms with E-state index in [9.17, 15) is 9.59 Å². The third kappa shape index (κ3) is 2.11. The van der Waals surface area contributed by atoms with Gasteiger partial charge in [0.2, 0.25) is 11.2 Å². The van der Waals surface area contributed by atoms with Crippen molar-refractivity contribution < 1.29 is 9.32 Å². The van der Waals surface area contributed by atoms with Gasteiger partial charge >= 0.3 is 0 Å². The number of piperidine rings is 1. The minimum atomic E-state index is -0.266. The quantitative estimate of drug-likeness (QED) is 0.772. The first-order chi connectivity index (χ1) is 11.0. The maximum atomic E-state index is 13.0. The van der Waals surface area contributed by atoms with E-state index < -0.39 is 0 Å². The molecule has 2 aliphatic heterocycles. The highest BCUT2D eigenvalue weighted by Gasteiger charge is 2.53. The molecule has 0 bridgehead atoms. The summed E-state index contributed by atoms with van der Waals surface area (Å²) in [5.41, 5.74) is 0.507. The molecule has 1 aromatic rings. The summed E-state index contributed by atoms with van der Waals surface area (Å²) in [6, 6.07) is 1.68. The fourth-order valence-corrected chi connectivity index (χ4v) is 4.32. The summed E-state index contributed by atoms with van der Waals surface area (Å²) in [7, 11) is 2.09. The lowest BCUT2D eigenvalue weighted by molar-refractivity contribution is 0.0351. The lowest BCUT2D eigenvalue weighted by atomic mass is 9.89. The van der Waals surface area contributed by atoms with Crippen LogP contribution in [0.4, 0.5) is 0 Å². The molecule has 7 heteroatoms. The number of nitrogens with zero attached hydrogens (tertiary/aromatic N) is 3. The number of pyridine rings is 1. The standard InChI is InChI=1S/C16H22N3O3P/c1-10(2)19-12-9-16(4-5-16)6-8-17(12)15(21)13-14(22-23)11(20)3-7-18(13)19/h3,7,10,12H,4-6,8-9,23H2,1-2H3/t12-/m1/s1. The molecule has 1 saturated heterocycles. The molecule has 1 spiro atoms. The highest BCUT2D eigenvalue weighted by Crippen LogP contribution is 2.56. The van der Waals surface area contributed by atoms with Crippen LogP contribution >= 0.6 is 9.47 Å². The number of carbonyl (C=O) groups excluding carboxylic acids is 1. The van der Waals surface area contributed by atoms with Gasteiger partial charge in [0, 0.05) is 24.8 Å². The van der Waals surface area contributed by atoms with Gasteiger partial charge in [-0.05, 0) is 44.9 Å². The smallest absolute Gasteiger partial charge is 0.278 e. The Morgan fingerprint density at radius 3 is 2.65 bits per heavy atom. The van der Waals surface area contributed by atoms with Gasteiger partial charge in [0.25, 0.3) is 5.91 Å². The van der Waals surface area contributed by atoms with E-state index in [-0.39, 0.29) is 29.3 Å². The zero-order chi connectivity index (χ0) is 16.4.